The van der Waals surface area contributed by atoms with Crippen molar-refractivity contribution in [1.29, 1.82) is 0 Å². The summed E-state index contributed by atoms with van der Waals surface area (Å²) in [7, 11) is 0. The quantitative estimate of drug-likeness (QED) is 0.258. The van der Waals surface area contributed by atoms with E-state index in [9.17, 15) is 14.4 Å². The van der Waals surface area contributed by atoms with Crippen LogP contribution in [-0.2, 0) is 20.7 Å². The summed E-state index contributed by atoms with van der Waals surface area (Å²) < 4.78 is 5.58. The van der Waals surface area contributed by atoms with E-state index < -0.39 is 23.8 Å². The summed E-state index contributed by atoms with van der Waals surface area (Å²) in [5.41, 5.74) is 1.29. The van der Waals surface area contributed by atoms with Gasteiger partial charge in [-0.3, -0.25) is 9.59 Å². The van der Waals surface area contributed by atoms with Crippen molar-refractivity contribution in [2.45, 2.75) is 123 Å². The fraction of sp³-hybridized carbons (Fsp3) is 0.541. The molecule has 3 amide bonds. The third-order valence-electron chi connectivity index (χ3n) is 8.05. The molecule has 0 aliphatic heterocycles. The Kier molecular flexibility index (Phi) is 12.9. The summed E-state index contributed by atoms with van der Waals surface area (Å²) >= 11 is 0. The second-order valence-electron chi connectivity index (χ2n) is 13.4. The van der Waals surface area contributed by atoms with Gasteiger partial charge in [-0.2, -0.15) is 0 Å². The van der Waals surface area contributed by atoms with Gasteiger partial charge in [0, 0.05) is 24.1 Å². The number of nitrogens with zero attached hydrogens (tertiary/aromatic N) is 1. The van der Waals surface area contributed by atoms with Crippen LogP contribution in [0.25, 0.3) is 0 Å². The van der Waals surface area contributed by atoms with Gasteiger partial charge in [0.15, 0.2) is 0 Å². The number of alkyl carbamates (subject to hydrolysis) is 1. The van der Waals surface area contributed by atoms with Crippen molar-refractivity contribution in [2.75, 3.05) is 0 Å². The highest BCUT2D eigenvalue weighted by atomic mass is 16.6. The predicted octanol–water partition coefficient (Wildman–Crippen LogP) is 6.95. The third kappa shape index (κ3) is 10.4. The fourth-order valence-corrected chi connectivity index (χ4v) is 5.80. The zero-order valence-corrected chi connectivity index (χ0v) is 27.4. The Morgan fingerprint density at radius 3 is 2.20 bits per heavy atom. The summed E-state index contributed by atoms with van der Waals surface area (Å²) in [5, 5.41) is 6.12. The first-order valence-electron chi connectivity index (χ1n) is 16.1. The molecule has 44 heavy (non-hydrogen) atoms. The Bertz CT molecular complexity index is 1270. The summed E-state index contributed by atoms with van der Waals surface area (Å²) in [6, 6.07) is 14.6. The average molecular weight is 602 g/mol. The van der Waals surface area contributed by atoms with E-state index in [1.54, 1.807) is 31.7 Å². The first-order chi connectivity index (χ1) is 20.9. The molecule has 2 aromatic rings. The van der Waals surface area contributed by atoms with Gasteiger partial charge < -0.3 is 20.3 Å². The van der Waals surface area contributed by atoms with Crippen LogP contribution < -0.4 is 10.6 Å². The Labute approximate surface area is 264 Å². The van der Waals surface area contributed by atoms with Crippen molar-refractivity contribution in [1.82, 2.24) is 15.5 Å². The number of benzene rings is 2. The van der Waals surface area contributed by atoms with Crippen molar-refractivity contribution in [3.05, 3.63) is 71.3 Å². The lowest BCUT2D eigenvalue weighted by Gasteiger charge is -2.40. The average Bonchev–Trinajstić information content (AvgIpc) is 2.98. The molecule has 1 aliphatic carbocycles. The van der Waals surface area contributed by atoms with Crippen molar-refractivity contribution in [3.8, 4) is 12.3 Å². The van der Waals surface area contributed by atoms with Crippen molar-refractivity contribution >= 4 is 17.9 Å². The van der Waals surface area contributed by atoms with Crippen molar-refractivity contribution < 1.29 is 19.1 Å². The highest BCUT2D eigenvalue weighted by Crippen LogP contribution is 2.31. The van der Waals surface area contributed by atoms with Gasteiger partial charge in [-0.15, -0.1) is 6.42 Å². The van der Waals surface area contributed by atoms with Crippen LogP contribution in [-0.4, -0.2) is 46.5 Å². The topological polar surface area (TPSA) is 87.7 Å². The van der Waals surface area contributed by atoms with E-state index in [-0.39, 0.29) is 30.3 Å². The van der Waals surface area contributed by atoms with Crippen LogP contribution >= 0.6 is 0 Å². The molecular formula is C37H51N3O4. The van der Waals surface area contributed by atoms with E-state index in [1.807, 2.05) is 55.5 Å². The van der Waals surface area contributed by atoms with Crippen molar-refractivity contribution in [2.24, 2.45) is 5.92 Å². The Balaban J connectivity index is 2.12. The number of amides is 3. The van der Waals surface area contributed by atoms with Gasteiger partial charge in [-0.05, 0) is 76.5 Å². The van der Waals surface area contributed by atoms with E-state index >= 15 is 0 Å². The Morgan fingerprint density at radius 2 is 1.59 bits per heavy atom. The van der Waals surface area contributed by atoms with Gasteiger partial charge in [-0.1, -0.05) is 87.6 Å². The SMILES string of the molecule is C#Cc1ccccc1C(C(=O)NC1CCCCC1)N(C(=O)C(Cc1ccccc1)NC(=O)OC(C)(C)C)C(C)CCC(C)C. The van der Waals surface area contributed by atoms with Crippen molar-refractivity contribution in [3.63, 3.8) is 0 Å². The molecule has 7 heteroatoms. The van der Waals surface area contributed by atoms with Gasteiger partial charge in [-0.25, -0.2) is 4.79 Å². The number of terminal acetylenes is 1. The molecule has 2 aromatic carbocycles. The molecule has 0 bridgehead atoms. The maximum atomic E-state index is 14.9. The molecule has 0 heterocycles. The van der Waals surface area contributed by atoms with Crippen LogP contribution in [0.5, 0.6) is 0 Å². The fourth-order valence-electron chi connectivity index (χ4n) is 5.80. The van der Waals surface area contributed by atoms with Crippen LogP contribution in [0.15, 0.2) is 54.6 Å². The number of rotatable bonds is 12. The second-order valence-corrected chi connectivity index (χ2v) is 13.4. The highest BCUT2D eigenvalue weighted by molar-refractivity contribution is 5.93. The van der Waals surface area contributed by atoms with Crippen LogP contribution in [0.1, 0.15) is 109 Å². The number of carbonyl (C=O) groups is 3. The molecule has 0 radical (unpaired) electrons. The zero-order chi connectivity index (χ0) is 32.3. The minimum absolute atomic E-state index is 0.0414. The molecule has 1 saturated carbocycles. The predicted molar refractivity (Wildman–Crippen MR) is 176 cm³/mol. The number of hydrogen-bond acceptors (Lipinski definition) is 4. The lowest BCUT2D eigenvalue weighted by molar-refractivity contribution is -0.145. The molecule has 3 atom stereocenters. The summed E-state index contributed by atoms with van der Waals surface area (Å²) in [6.45, 7) is 11.6. The number of carbonyl (C=O) groups excluding carboxylic acids is 3. The lowest BCUT2D eigenvalue weighted by Crippen LogP contribution is -2.57. The van der Waals surface area contributed by atoms with E-state index in [2.05, 4.69) is 30.4 Å². The number of ether oxygens (including phenoxy) is 1. The van der Waals surface area contributed by atoms with Gasteiger partial charge in [0.1, 0.15) is 17.7 Å². The maximum Gasteiger partial charge on any atom is 0.408 e. The molecule has 7 nitrogen and oxygen atoms in total. The largest absolute Gasteiger partial charge is 0.444 e. The molecule has 238 valence electrons. The van der Waals surface area contributed by atoms with E-state index in [1.165, 1.54) is 0 Å². The van der Waals surface area contributed by atoms with Crippen LogP contribution in [0.3, 0.4) is 0 Å². The molecular weight excluding hydrogens is 550 g/mol. The lowest BCUT2D eigenvalue weighted by atomic mass is 9.92. The first-order valence-corrected chi connectivity index (χ1v) is 16.1. The normalized spacial score (nSPS) is 15.9. The van der Waals surface area contributed by atoms with E-state index in [0.717, 1.165) is 44.1 Å². The number of hydrogen-bond donors (Lipinski definition) is 2. The van der Waals surface area contributed by atoms with E-state index in [4.69, 9.17) is 11.2 Å². The van der Waals surface area contributed by atoms with Crippen LogP contribution in [0.2, 0.25) is 0 Å². The molecule has 3 rings (SSSR count). The monoisotopic (exact) mass is 601 g/mol. The molecule has 3 unspecified atom stereocenters. The zero-order valence-electron chi connectivity index (χ0n) is 27.4. The third-order valence-corrected chi connectivity index (χ3v) is 8.05. The van der Waals surface area contributed by atoms with Crippen LogP contribution in [0.4, 0.5) is 4.79 Å². The number of nitrogens with one attached hydrogen (secondary N) is 2. The molecule has 0 aromatic heterocycles. The molecule has 0 saturated heterocycles. The Morgan fingerprint density at radius 1 is 0.955 bits per heavy atom. The van der Waals surface area contributed by atoms with Gasteiger partial charge in [0.25, 0.3) is 0 Å². The second kappa shape index (κ2) is 16.3. The first kappa shape index (κ1) is 34.7. The van der Waals surface area contributed by atoms with Gasteiger partial charge >= 0.3 is 6.09 Å². The molecule has 2 N–H and O–H groups in total. The minimum atomic E-state index is -0.975. The summed E-state index contributed by atoms with van der Waals surface area (Å²) in [5.74, 6) is 2.54. The van der Waals surface area contributed by atoms with Gasteiger partial charge in [0.05, 0.1) is 0 Å². The minimum Gasteiger partial charge on any atom is -0.444 e. The highest BCUT2D eigenvalue weighted by Gasteiger charge is 2.40. The smallest absolute Gasteiger partial charge is 0.408 e. The molecule has 1 fully saturated rings. The molecule has 1 aliphatic rings. The maximum absolute atomic E-state index is 14.9. The van der Waals surface area contributed by atoms with Gasteiger partial charge in [0.2, 0.25) is 11.8 Å². The van der Waals surface area contributed by atoms with E-state index in [0.29, 0.717) is 23.5 Å². The standard InChI is InChI=1S/C37H51N3O4/c1-8-29-19-15-16-22-31(29)33(34(41)38-30-20-13-10-14-21-30)40(27(4)24-23-26(2)3)35(42)32(25-28-17-11-9-12-18-28)39-36(43)44-37(5,6)7/h1,9,11-12,15-19,22,26-27,30,32-33H,10,13-14,20-21,23-25H2,2-7H3,(H,38,41)(H,39,43). The summed E-state index contributed by atoms with van der Waals surface area (Å²) in [6.07, 6.45) is 12.1. The summed E-state index contributed by atoms with van der Waals surface area (Å²) in [4.78, 5) is 44.0. The Hall–Kier alpha value is -3.79. The molecule has 0 spiro atoms. The van der Waals surface area contributed by atoms with Crippen LogP contribution in [0, 0.1) is 18.3 Å².